The fourth-order valence-electron chi connectivity index (χ4n) is 0.836. The molecular formula is C7H3F3NO3-. The second-order valence-corrected chi connectivity index (χ2v) is 2.44. The van der Waals surface area contributed by atoms with Crippen LogP contribution in [0.1, 0.15) is 5.56 Å². The van der Waals surface area contributed by atoms with Crippen molar-refractivity contribution < 1.29 is 23.2 Å². The van der Waals surface area contributed by atoms with Crippen molar-refractivity contribution in [1.29, 1.82) is 0 Å². The topological polar surface area (TPSA) is 66.2 Å². The second kappa shape index (κ2) is 3.17. The summed E-state index contributed by atoms with van der Waals surface area (Å²) in [5.41, 5.74) is -2.27. The Labute approximate surface area is 75.7 Å². The molecule has 0 aliphatic heterocycles. The molecule has 0 spiro atoms. The summed E-state index contributed by atoms with van der Waals surface area (Å²) in [6.07, 6.45) is -4.68. The quantitative estimate of drug-likeness (QED) is 0.518. The summed E-state index contributed by atoms with van der Waals surface area (Å²) in [5.74, 6) is -1.04. The molecule has 0 amide bonds. The summed E-state index contributed by atoms with van der Waals surface area (Å²) in [6, 6.07) is 1.26. The van der Waals surface area contributed by atoms with Gasteiger partial charge in [0.05, 0.1) is 10.5 Å². The average molecular weight is 206 g/mol. The summed E-state index contributed by atoms with van der Waals surface area (Å²) in [6.45, 7) is 0. The predicted molar refractivity (Wildman–Crippen MR) is 37.5 cm³/mol. The van der Waals surface area contributed by atoms with Gasteiger partial charge in [-0.15, -0.1) is 0 Å². The number of benzene rings is 1. The molecule has 14 heavy (non-hydrogen) atoms. The molecule has 0 aromatic heterocycles. The van der Waals surface area contributed by atoms with Crippen LogP contribution in [0.2, 0.25) is 0 Å². The van der Waals surface area contributed by atoms with Gasteiger partial charge in [-0.2, -0.15) is 13.2 Å². The standard InChI is InChI=1S/C7H4F3NO3/c8-7(9,10)4-1-2-6(12)5(3-4)11(13)14/h1-3,12H/p-1. The predicted octanol–water partition coefficient (Wildman–Crippen LogP) is 1.69. The van der Waals surface area contributed by atoms with Crippen LogP contribution in [0.3, 0.4) is 0 Å². The van der Waals surface area contributed by atoms with Crippen LogP contribution in [0.25, 0.3) is 0 Å². The number of rotatable bonds is 1. The highest BCUT2D eigenvalue weighted by Crippen LogP contribution is 2.34. The van der Waals surface area contributed by atoms with E-state index >= 15 is 0 Å². The number of hydrogen-bond acceptors (Lipinski definition) is 3. The Bertz CT molecular complexity index is 375. The Kier molecular flexibility index (Phi) is 2.33. The second-order valence-electron chi connectivity index (χ2n) is 2.44. The lowest BCUT2D eigenvalue weighted by atomic mass is 10.2. The van der Waals surface area contributed by atoms with Crippen molar-refractivity contribution >= 4 is 5.69 Å². The fourth-order valence-corrected chi connectivity index (χ4v) is 0.836. The number of hydrogen-bond donors (Lipinski definition) is 0. The molecule has 0 saturated heterocycles. The zero-order valence-corrected chi connectivity index (χ0v) is 6.54. The first-order chi connectivity index (χ1) is 6.32. The Morgan fingerprint density at radius 3 is 2.29 bits per heavy atom. The smallest absolute Gasteiger partial charge is 0.416 e. The Balaban J connectivity index is 3.27. The lowest BCUT2D eigenvalue weighted by Gasteiger charge is -2.10. The van der Waals surface area contributed by atoms with E-state index in [9.17, 15) is 28.4 Å². The summed E-state index contributed by atoms with van der Waals surface area (Å²) >= 11 is 0. The van der Waals surface area contributed by atoms with Crippen molar-refractivity contribution in [2.75, 3.05) is 0 Å². The molecule has 1 aromatic rings. The molecule has 0 radical (unpaired) electrons. The summed E-state index contributed by atoms with van der Waals surface area (Å²) in [7, 11) is 0. The van der Waals surface area contributed by atoms with E-state index in [1.165, 1.54) is 0 Å². The third kappa shape index (κ3) is 1.93. The summed E-state index contributed by atoms with van der Waals surface area (Å²) < 4.78 is 36.1. The van der Waals surface area contributed by atoms with Crippen molar-refractivity contribution in [3.63, 3.8) is 0 Å². The molecule has 0 N–H and O–H groups in total. The molecule has 4 nitrogen and oxygen atoms in total. The zero-order valence-electron chi connectivity index (χ0n) is 6.54. The zero-order chi connectivity index (χ0) is 10.9. The SMILES string of the molecule is O=[N+]([O-])c1cc(C(F)(F)F)ccc1[O-]. The van der Waals surface area contributed by atoms with E-state index in [4.69, 9.17) is 0 Å². The van der Waals surface area contributed by atoms with Crippen molar-refractivity contribution in [2.45, 2.75) is 6.18 Å². The lowest BCUT2D eigenvalue weighted by Crippen LogP contribution is -2.07. The maximum absolute atomic E-state index is 12.0. The van der Waals surface area contributed by atoms with Crippen LogP contribution in [-0.2, 0) is 6.18 Å². The Hall–Kier alpha value is -1.79. The van der Waals surface area contributed by atoms with Gasteiger partial charge < -0.3 is 5.11 Å². The van der Waals surface area contributed by atoms with Crippen molar-refractivity contribution in [2.24, 2.45) is 0 Å². The number of alkyl halides is 3. The van der Waals surface area contributed by atoms with Gasteiger partial charge in [-0.05, 0) is 5.75 Å². The van der Waals surface area contributed by atoms with E-state index in [1.807, 2.05) is 0 Å². The largest absolute Gasteiger partial charge is 0.868 e. The molecule has 0 bridgehead atoms. The highest BCUT2D eigenvalue weighted by Gasteiger charge is 2.31. The molecule has 76 valence electrons. The van der Waals surface area contributed by atoms with Gasteiger partial charge in [0.25, 0.3) is 5.69 Å². The van der Waals surface area contributed by atoms with Gasteiger partial charge >= 0.3 is 6.18 Å². The van der Waals surface area contributed by atoms with Crippen LogP contribution in [0.15, 0.2) is 18.2 Å². The number of nitrogens with zero attached hydrogens (tertiary/aromatic N) is 1. The van der Waals surface area contributed by atoms with Crippen molar-refractivity contribution in [1.82, 2.24) is 0 Å². The Morgan fingerprint density at radius 1 is 1.29 bits per heavy atom. The van der Waals surface area contributed by atoms with Gasteiger partial charge in [0, 0.05) is 6.07 Å². The minimum absolute atomic E-state index is 0.225. The van der Waals surface area contributed by atoms with Crippen LogP contribution < -0.4 is 5.11 Å². The van der Waals surface area contributed by atoms with Gasteiger partial charge in [0.1, 0.15) is 0 Å². The van der Waals surface area contributed by atoms with Crippen LogP contribution in [0.5, 0.6) is 5.75 Å². The summed E-state index contributed by atoms with van der Waals surface area (Å²) in [4.78, 5) is 9.00. The molecule has 1 aromatic carbocycles. The number of nitro groups is 1. The first-order valence-corrected chi connectivity index (χ1v) is 3.35. The third-order valence-electron chi connectivity index (χ3n) is 1.48. The molecule has 0 saturated carbocycles. The fraction of sp³-hybridized carbons (Fsp3) is 0.143. The minimum atomic E-state index is -4.68. The van der Waals surface area contributed by atoms with Crippen LogP contribution in [0, 0.1) is 10.1 Å². The molecule has 7 heteroatoms. The maximum Gasteiger partial charge on any atom is 0.416 e. The van der Waals surface area contributed by atoms with Crippen LogP contribution >= 0.6 is 0 Å². The van der Waals surface area contributed by atoms with E-state index in [-0.39, 0.29) is 6.07 Å². The molecule has 1 rings (SSSR count). The van der Waals surface area contributed by atoms with Gasteiger partial charge in [0.2, 0.25) is 0 Å². The van der Waals surface area contributed by atoms with Crippen LogP contribution in [0.4, 0.5) is 18.9 Å². The molecule has 0 atom stereocenters. The van der Waals surface area contributed by atoms with E-state index in [0.29, 0.717) is 12.1 Å². The first-order valence-electron chi connectivity index (χ1n) is 3.35. The molecule has 0 heterocycles. The van der Waals surface area contributed by atoms with Gasteiger partial charge in [-0.1, -0.05) is 12.1 Å². The first kappa shape index (κ1) is 10.3. The minimum Gasteiger partial charge on any atom is -0.868 e. The lowest BCUT2D eigenvalue weighted by molar-refractivity contribution is -0.398. The number of nitro benzene ring substituents is 1. The average Bonchev–Trinajstić information content (AvgIpc) is 2.02. The molecule has 0 fully saturated rings. The third-order valence-corrected chi connectivity index (χ3v) is 1.48. The van der Waals surface area contributed by atoms with Crippen molar-refractivity contribution in [3.05, 3.63) is 33.9 Å². The molecule has 0 aliphatic carbocycles. The van der Waals surface area contributed by atoms with E-state index in [2.05, 4.69) is 0 Å². The molecule has 0 aliphatic rings. The molecule has 0 unspecified atom stereocenters. The van der Waals surface area contributed by atoms with Crippen molar-refractivity contribution in [3.8, 4) is 5.75 Å². The van der Waals surface area contributed by atoms with Gasteiger partial charge in [0.15, 0.2) is 0 Å². The number of halogens is 3. The Morgan fingerprint density at radius 2 is 1.86 bits per heavy atom. The molecular weight excluding hydrogens is 203 g/mol. The van der Waals surface area contributed by atoms with E-state index in [1.54, 1.807) is 0 Å². The highest BCUT2D eigenvalue weighted by molar-refractivity contribution is 5.47. The normalized spacial score (nSPS) is 11.4. The van der Waals surface area contributed by atoms with Gasteiger partial charge in [-0.25, -0.2) is 0 Å². The monoisotopic (exact) mass is 206 g/mol. The van der Waals surface area contributed by atoms with E-state index < -0.39 is 28.1 Å². The van der Waals surface area contributed by atoms with E-state index in [0.717, 1.165) is 0 Å². The van der Waals surface area contributed by atoms with Gasteiger partial charge in [-0.3, -0.25) is 10.1 Å². The van der Waals surface area contributed by atoms with Crippen LogP contribution in [-0.4, -0.2) is 4.92 Å². The summed E-state index contributed by atoms with van der Waals surface area (Å²) in [5, 5.41) is 20.9. The maximum atomic E-state index is 12.0. The highest BCUT2D eigenvalue weighted by atomic mass is 19.4.